The van der Waals surface area contributed by atoms with Crippen molar-refractivity contribution in [2.24, 2.45) is 5.73 Å². The van der Waals surface area contributed by atoms with Crippen molar-refractivity contribution in [3.8, 4) is 17.2 Å². The topological polar surface area (TPSA) is 93.2 Å². The van der Waals surface area contributed by atoms with Gasteiger partial charge in [-0.2, -0.15) is 13.2 Å². The zero-order chi connectivity index (χ0) is 21.9. The van der Waals surface area contributed by atoms with Crippen LogP contribution < -0.4 is 20.5 Å². The molecule has 3 rings (SSSR count). The molecule has 0 saturated heterocycles. The average molecular weight is 418 g/mol. The molecule has 0 atom stereocenters. The van der Waals surface area contributed by atoms with Crippen molar-refractivity contribution in [1.82, 2.24) is 4.98 Å². The molecule has 0 aliphatic heterocycles. The summed E-state index contributed by atoms with van der Waals surface area (Å²) in [6.45, 7) is 2.26. The Labute approximate surface area is 171 Å². The standard InChI is InChI=1S/C21H21F3N4O2/c1-12-6-8-28-19-15(27-9-7-17(25)26)11-16(29-2)20(18(12)19)30-14-5-3-4-13(10-14)21(22,23)24/h3-6,8,10-11,27H,7,9H2,1-2H3,(H3,25,26). The summed E-state index contributed by atoms with van der Waals surface area (Å²) in [6.07, 6.45) is -2.50. The van der Waals surface area contributed by atoms with Gasteiger partial charge in [-0.25, -0.2) is 0 Å². The molecule has 0 aliphatic rings. The summed E-state index contributed by atoms with van der Waals surface area (Å²) in [7, 11) is 1.45. The second-order valence-electron chi connectivity index (χ2n) is 6.64. The van der Waals surface area contributed by atoms with Crippen molar-refractivity contribution in [2.75, 3.05) is 19.0 Å². The van der Waals surface area contributed by atoms with Crippen LogP contribution in [0.5, 0.6) is 17.2 Å². The molecule has 0 fully saturated rings. The molecule has 30 heavy (non-hydrogen) atoms. The average Bonchev–Trinajstić information content (AvgIpc) is 2.68. The maximum atomic E-state index is 13.1. The van der Waals surface area contributed by atoms with Gasteiger partial charge in [0.15, 0.2) is 11.5 Å². The fraction of sp³-hybridized carbons (Fsp3) is 0.238. The zero-order valence-electron chi connectivity index (χ0n) is 16.4. The van der Waals surface area contributed by atoms with Crippen LogP contribution in [-0.4, -0.2) is 24.5 Å². The number of hydrogen-bond acceptors (Lipinski definition) is 5. The van der Waals surface area contributed by atoms with E-state index in [1.54, 1.807) is 18.3 Å². The van der Waals surface area contributed by atoms with Crippen LogP contribution in [0.15, 0.2) is 42.6 Å². The van der Waals surface area contributed by atoms with E-state index in [9.17, 15) is 13.2 Å². The quantitative estimate of drug-likeness (QED) is 0.367. The molecule has 0 aliphatic carbocycles. The van der Waals surface area contributed by atoms with Crippen LogP contribution in [0.3, 0.4) is 0 Å². The summed E-state index contributed by atoms with van der Waals surface area (Å²) in [5.41, 5.74) is 6.63. The Morgan fingerprint density at radius 1 is 1.23 bits per heavy atom. The van der Waals surface area contributed by atoms with E-state index in [2.05, 4.69) is 10.3 Å². The fourth-order valence-corrected chi connectivity index (χ4v) is 3.01. The summed E-state index contributed by atoms with van der Waals surface area (Å²) in [4.78, 5) is 4.41. The minimum absolute atomic E-state index is 0.0324. The summed E-state index contributed by atoms with van der Waals surface area (Å²) in [5, 5.41) is 11.1. The first-order valence-corrected chi connectivity index (χ1v) is 9.09. The Bertz CT molecular complexity index is 1080. The highest BCUT2D eigenvalue weighted by Gasteiger charge is 2.31. The molecule has 0 bridgehead atoms. The molecule has 0 radical (unpaired) electrons. The Morgan fingerprint density at radius 3 is 2.67 bits per heavy atom. The molecule has 3 aromatic rings. The van der Waals surface area contributed by atoms with Crippen LogP contribution >= 0.6 is 0 Å². The molecule has 158 valence electrons. The summed E-state index contributed by atoms with van der Waals surface area (Å²) in [5.74, 6) is 0.688. The van der Waals surface area contributed by atoms with Crippen LogP contribution in [0.25, 0.3) is 10.9 Å². The first-order valence-electron chi connectivity index (χ1n) is 9.09. The normalized spacial score (nSPS) is 11.4. The highest BCUT2D eigenvalue weighted by molar-refractivity contribution is 5.99. The lowest BCUT2D eigenvalue weighted by molar-refractivity contribution is -0.137. The van der Waals surface area contributed by atoms with E-state index in [4.69, 9.17) is 20.6 Å². The van der Waals surface area contributed by atoms with Gasteiger partial charge in [0.05, 0.1) is 35.1 Å². The van der Waals surface area contributed by atoms with Gasteiger partial charge in [0, 0.05) is 25.2 Å². The van der Waals surface area contributed by atoms with Gasteiger partial charge in [0.1, 0.15) is 5.75 Å². The van der Waals surface area contributed by atoms with Crippen molar-refractivity contribution in [3.05, 3.63) is 53.7 Å². The number of pyridine rings is 1. The number of hydrogen-bond donors (Lipinski definition) is 3. The Balaban J connectivity index is 2.10. The van der Waals surface area contributed by atoms with Crippen molar-refractivity contribution in [1.29, 1.82) is 5.41 Å². The van der Waals surface area contributed by atoms with Crippen LogP contribution in [-0.2, 0) is 6.18 Å². The third kappa shape index (κ3) is 4.56. The van der Waals surface area contributed by atoms with Crippen LogP contribution in [0.2, 0.25) is 0 Å². The number of rotatable bonds is 7. The van der Waals surface area contributed by atoms with Crippen LogP contribution in [0, 0.1) is 12.3 Å². The maximum Gasteiger partial charge on any atom is 0.416 e. The lowest BCUT2D eigenvalue weighted by atomic mass is 10.1. The third-order valence-electron chi connectivity index (χ3n) is 4.45. The van der Waals surface area contributed by atoms with Gasteiger partial charge in [-0.15, -0.1) is 0 Å². The van der Waals surface area contributed by atoms with E-state index in [0.29, 0.717) is 35.3 Å². The van der Waals surface area contributed by atoms with E-state index in [1.165, 1.54) is 19.2 Å². The highest BCUT2D eigenvalue weighted by Crippen LogP contribution is 2.44. The second-order valence-corrected chi connectivity index (χ2v) is 6.64. The van der Waals surface area contributed by atoms with Crippen LogP contribution in [0.4, 0.5) is 18.9 Å². The van der Waals surface area contributed by atoms with E-state index < -0.39 is 11.7 Å². The number of halogens is 3. The zero-order valence-corrected chi connectivity index (χ0v) is 16.4. The largest absolute Gasteiger partial charge is 0.493 e. The summed E-state index contributed by atoms with van der Waals surface area (Å²) in [6, 6.07) is 8.10. The van der Waals surface area contributed by atoms with E-state index in [0.717, 1.165) is 17.7 Å². The minimum Gasteiger partial charge on any atom is -0.493 e. The maximum absolute atomic E-state index is 13.1. The van der Waals surface area contributed by atoms with Gasteiger partial charge < -0.3 is 20.5 Å². The molecule has 6 nitrogen and oxygen atoms in total. The molecule has 0 amide bonds. The van der Waals surface area contributed by atoms with Crippen molar-refractivity contribution >= 4 is 22.4 Å². The van der Waals surface area contributed by atoms with Gasteiger partial charge in [0.2, 0.25) is 0 Å². The lowest BCUT2D eigenvalue weighted by Crippen LogP contribution is -2.15. The van der Waals surface area contributed by atoms with Gasteiger partial charge in [-0.1, -0.05) is 6.07 Å². The van der Waals surface area contributed by atoms with Gasteiger partial charge >= 0.3 is 6.18 Å². The number of anilines is 1. The number of benzene rings is 2. The van der Waals surface area contributed by atoms with Gasteiger partial charge in [0.25, 0.3) is 0 Å². The highest BCUT2D eigenvalue weighted by atomic mass is 19.4. The van der Waals surface area contributed by atoms with E-state index in [-0.39, 0.29) is 17.3 Å². The minimum atomic E-state index is -4.48. The predicted octanol–water partition coefficient (Wildman–Crippen LogP) is 5.10. The number of alkyl halides is 3. The second kappa shape index (κ2) is 8.48. The molecule has 1 aromatic heterocycles. The number of fused-ring (bicyclic) bond motifs is 1. The van der Waals surface area contributed by atoms with Gasteiger partial charge in [-0.3, -0.25) is 10.4 Å². The molecule has 0 spiro atoms. The number of nitrogens with one attached hydrogen (secondary N) is 2. The molecule has 2 aromatic carbocycles. The van der Waals surface area contributed by atoms with Crippen molar-refractivity contribution < 1.29 is 22.6 Å². The third-order valence-corrected chi connectivity index (χ3v) is 4.45. The monoisotopic (exact) mass is 418 g/mol. The molecule has 0 saturated carbocycles. The SMILES string of the molecule is COc1cc(NCCC(=N)N)c2nccc(C)c2c1Oc1cccc(C(F)(F)F)c1. The number of amidine groups is 1. The smallest absolute Gasteiger partial charge is 0.416 e. The van der Waals surface area contributed by atoms with Crippen LogP contribution in [0.1, 0.15) is 17.5 Å². The number of aryl methyl sites for hydroxylation is 1. The summed E-state index contributed by atoms with van der Waals surface area (Å²) >= 11 is 0. The van der Waals surface area contributed by atoms with Crippen molar-refractivity contribution in [2.45, 2.75) is 19.5 Å². The molecule has 0 unspecified atom stereocenters. The number of ether oxygens (including phenoxy) is 2. The summed E-state index contributed by atoms with van der Waals surface area (Å²) < 4.78 is 50.6. The first kappa shape index (κ1) is 21.2. The van der Waals surface area contributed by atoms with E-state index >= 15 is 0 Å². The Morgan fingerprint density at radius 2 is 2.00 bits per heavy atom. The Hall–Kier alpha value is -3.49. The fourth-order valence-electron chi connectivity index (χ4n) is 3.01. The molecule has 1 heterocycles. The Kier molecular flexibility index (Phi) is 6.00. The van der Waals surface area contributed by atoms with Crippen molar-refractivity contribution in [3.63, 3.8) is 0 Å². The number of methoxy groups -OCH3 is 1. The first-order chi connectivity index (χ1) is 14.2. The lowest BCUT2D eigenvalue weighted by Gasteiger charge is -2.18. The molecule has 4 N–H and O–H groups in total. The predicted molar refractivity (Wildman–Crippen MR) is 110 cm³/mol. The number of nitrogens with two attached hydrogens (primary N) is 1. The molecular weight excluding hydrogens is 397 g/mol. The molecular formula is C21H21F3N4O2. The van der Waals surface area contributed by atoms with Gasteiger partial charge in [-0.05, 0) is 36.8 Å². The van der Waals surface area contributed by atoms with E-state index in [1.807, 2.05) is 6.92 Å². The number of aromatic nitrogens is 1. The number of nitrogens with zero attached hydrogens (tertiary/aromatic N) is 1. The molecule has 9 heteroatoms.